The maximum atomic E-state index is 12.0. The van der Waals surface area contributed by atoms with Gasteiger partial charge in [-0.15, -0.1) is 0 Å². The smallest absolute Gasteiger partial charge is 0.307 e. The Morgan fingerprint density at radius 3 is 2.58 bits per heavy atom. The third-order valence-corrected chi connectivity index (χ3v) is 4.63. The monoisotopic (exact) mass is 362 g/mol. The van der Waals surface area contributed by atoms with Gasteiger partial charge in [-0.05, 0) is 25.0 Å². The number of ether oxygens (including phenoxy) is 1. The number of Topliss-reactive ketones (excluding diaryl/α,β-unsaturated/α-hetero) is 1. The summed E-state index contributed by atoms with van der Waals surface area (Å²) in [7, 11) is 0. The van der Waals surface area contributed by atoms with E-state index in [1.165, 1.54) is 0 Å². The summed E-state index contributed by atoms with van der Waals surface area (Å²) >= 11 is 0. The molecule has 1 amide bonds. The van der Waals surface area contributed by atoms with Crippen molar-refractivity contribution >= 4 is 23.3 Å². The Balaban J connectivity index is 1.83. The first-order chi connectivity index (χ1) is 12.3. The molecule has 3 atom stereocenters. The van der Waals surface area contributed by atoms with E-state index >= 15 is 0 Å². The minimum absolute atomic E-state index is 0.143. The van der Waals surface area contributed by atoms with Crippen molar-refractivity contribution in [1.82, 2.24) is 0 Å². The highest BCUT2D eigenvalue weighted by Crippen LogP contribution is 2.36. The van der Waals surface area contributed by atoms with Gasteiger partial charge in [-0.2, -0.15) is 0 Å². The molecule has 0 radical (unpaired) electrons. The summed E-state index contributed by atoms with van der Waals surface area (Å²) in [6.45, 7) is 2.87. The average molecular weight is 362 g/mol. The molecule has 1 fully saturated rings. The normalized spacial score (nSPS) is 22.1. The standard InChI is InChI=1S/C18H22N2O6/c1-11-3-5-13(6-4-11)19-17(22)10-26-18(23)8-14-15(9-20(24)25)12(2)7-16(14)21/h3-6,12,14-15H,7-10H2,1-2H3,(H,19,22)/t12-,14+,15+/m1/s1. The number of aryl methyl sites for hydroxylation is 1. The van der Waals surface area contributed by atoms with Crippen LogP contribution in [0.4, 0.5) is 5.69 Å². The van der Waals surface area contributed by atoms with Gasteiger partial charge in [-0.25, -0.2) is 0 Å². The predicted octanol–water partition coefficient (Wildman–Crippen LogP) is 1.98. The molecule has 1 saturated carbocycles. The van der Waals surface area contributed by atoms with Gasteiger partial charge >= 0.3 is 5.97 Å². The van der Waals surface area contributed by atoms with E-state index in [4.69, 9.17) is 4.74 Å². The molecule has 140 valence electrons. The van der Waals surface area contributed by atoms with Crippen molar-refractivity contribution in [2.24, 2.45) is 17.8 Å². The van der Waals surface area contributed by atoms with Crippen LogP contribution in [0.2, 0.25) is 0 Å². The van der Waals surface area contributed by atoms with Crippen molar-refractivity contribution in [1.29, 1.82) is 0 Å². The number of nitrogens with one attached hydrogen (secondary N) is 1. The maximum absolute atomic E-state index is 12.0. The summed E-state index contributed by atoms with van der Waals surface area (Å²) in [6, 6.07) is 7.14. The van der Waals surface area contributed by atoms with Gasteiger partial charge in [0, 0.05) is 28.9 Å². The molecule has 0 unspecified atom stereocenters. The first kappa shape index (κ1) is 19.6. The van der Waals surface area contributed by atoms with Gasteiger partial charge in [0.25, 0.3) is 5.91 Å². The number of anilines is 1. The number of esters is 1. The van der Waals surface area contributed by atoms with E-state index in [0.717, 1.165) is 5.56 Å². The molecular weight excluding hydrogens is 340 g/mol. The van der Waals surface area contributed by atoms with Crippen LogP contribution in [0.15, 0.2) is 24.3 Å². The van der Waals surface area contributed by atoms with Crippen LogP contribution < -0.4 is 5.32 Å². The fourth-order valence-electron chi connectivity index (χ4n) is 3.22. The summed E-state index contributed by atoms with van der Waals surface area (Å²) in [6.07, 6.45) is -0.0101. The Morgan fingerprint density at radius 1 is 1.31 bits per heavy atom. The summed E-state index contributed by atoms with van der Waals surface area (Å²) in [5.41, 5.74) is 1.64. The van der Waals surface area contributed by atoms with Crippen molar-refractivity contribution in [3.8, 4) is 0 Å². The molecule has 1 N–H and O–H groups in total. The first-order valence-electron chi connectivity index (χ1n) is 8.43. The molecule has 0 saturated heterocycles. The zero-order chi connectivity index (χ0) is 19.3. The fourth-order valence-corrected chi connectivity index (χ4v) is 3.22. The second-order valence-electron chi connectivity index (χ2n) is 6.71. The highest BCUT2D eigenvalue weighted by Gasteiger charge is 2.44. The van der Waals surface area contributed by atoms with Crippen LogP contribution in [0, 0.1) is 34.8 Å². The number of carbonyl (C=O) groups excluding carboxylic acids is 3. The van der Waals surface area contributed by atoms with Gasteiger partial charge in [0.05, 0.1) is 6.42 Å². The highest BCUT2D eigenvalue weighted by molar-refractivity contribution is 5.93. The molecule has 1 aliphatic rings. The van der Waals surface area contributed by atoms with Crippen molar-refractivity contribution in [2.75, 3.05) is 18.5 Å². The summed E-state index contributed by atoms with van der Waals surface area (Å²) in [5, 5.41) is 13.4. The Bertz CT molecular complexity index is 700. The lowest BCUT2D eigenvalue weighted by atomic mass is 9.88. The molecule has 1 aromatic rings. The zero-order valence-electron chi connectivity index (χ0n) is 14.8. The quantitative estimate of drug-likeness (QED) is 0.450. The third kappa shape index (κ3) is 5.37. The number of hydrogen-bond acceptors (Lipinski definition) is 6. The maximum Gasteiger partial charge on any atom is 0.307 e. The Morgan fingerprint density at radius 2 is 1.96 bits per heavy atom. The van der Waals surface area contributed by atoms with Crippen LogP contribution in [0.3, 0.4) is 0 Å². The molecule has 0 bridgehead atoms. The van der Waals surface area contributed by atoms with E-state index in [9.17, 15) is 24.5 Å². The third-order valence-electron chi connectivity index (χ3n) is 4.63. The molecule has 8 nitrogen and oxygen atoms in total. The van der Waals surface area contributed by atoms with E-state index in [1.54, 1.807) is 19.1 Å². The van der Waals surface area contributed by atoms with Gasteiger partial charge < -0.3 is 10.1 Å². The number of carbonyl (C=O) groups is 3. The zero-order valence-corrected chi connectivity index (χ0v) is 14.8. The van der Waals surface area contributed by atoms with Gasteiger partial charge in [-0.3, -0.25) is 24.5 Å². The number of nitro groups is 1. The molecule has 1 aromatic carbocycles. The molecule has 0 aliphatic heterocycles. The van der Waals surface area contributed by atoms with Crippen LogP contribution >= 0.6 is 0 Å². The summed E-state index contributed by atoms with van der Waals surface area (Å²) in [5.74, 6) is -2.70. The van der Waals surface area contributed by atoms with Crippen LogP contribution in [0.25, 0.3) is 0 Å². The van der Waals surface area contributed by atoms with E-state index < -0.39 is 35.2 Å². The van der Waals surface area contributed by atoms with Crippen LogP contribution in [-0.2, 0) is 19.1 Å². The van der Waals surface area contributed by atoms with E-state index in [2.05, 4.69) is 5.32 Å². The molecular formula is C18H22N2O6. The molecule has 26 heavy (non-hydrogen) atoms. The van der Waals surface area contributed by atoms with Crippen LogP contribution in [-0.4, -0.2) is 35.7 Å². The fraction of sp³-hybridized carbons (Fsp3) is 0.500. The number of amides is 1. The highest BCUT2D eigenvalue weighted by atomic mass is 16.6. The molecule has 8 heteroatoms. The number of nitrogens with zero attached hydrogens (tertiary/aromatic N) is 1. The van der Waals surface area contributed by atoms with Crippen molar-refractivity contribution in [3.63, 3.8) is 0 Å². The predicted molar refractivity (Wildman–Crippen MR) is 93.0 cm³/mol. The first-order valence-corrected chi connectivity index (χ1v) is 8.43. The molecule has 0 heterocycles. The van der Waals surface area contributed by atoms with Crippen molar-refractivity contribution < 1.29 is 24.0 Å². The van der Waals surface area contributed by atoms with Crippen molar-refractivity contribution in [3.05, 3.63) is 39.9 Å². The lowest BCUT2D eigenvalue weighted by Crippen LogP contribution is -2.28. The van der Waals surface area contributed by atoms with Gasteiger partial charge in [0.1, 0.15) is 5.78 Å². The van der Waals surface area contributed by atoms with Crippen LogP contribution in [0.5, 0.6) is 0 Å². The van der Waals surface area contributed by atoms with E-state index in [1.807, 2.05) is 19.1 Å². The number of hydrogen-bond donors (Lipinski definition) is 1. The largest absolute Gasteiger partial charge is 0.456 e. The average Bonchev–Trinajstić information content (AvgIpc) is 2.81. The van der Waals surface area contributed by atoms with Crippen molar-refractivity contribution in [2.45, 2.75) is 26.7 Å². The summed E-state index contributed by atoms with van der Waals surface area (Å²) in [4.78, 5) is 46.1. The minimum Gasteiger partial charge on any atom is -0.456 e. The summed E-state index contributed by atoms with van der Waals surface area (Å²) < 4.78 is 4.93. The topological polar surface area (TPSA) is 116 Å². The second-order valence-corrected chi connectivity index (χ2v) is 6.71. The molecule has 1 aliphatic carbocycles. The number of rotatable bonds is 7. The van der Waals surface area contributed by atoms with Gasteiger partial charge in [0.15, 0.2) is 6.61 Å². The SMILES string of the molecule is Cc1ccc(NC(=O)COC(=O)C[C@@H]2C(=O)C[C@@H](C)[C@@H]2C[N+](=O)[O-])cc1. The van der Waals surface area contributed by atoms with Gasteiger partial charge in [0.2, 0.25) is 6.54 Å². The Hall–Kier alpha value is -2.77. The van der Waals surface area contributed by atoms with E-state index in [0.29, 0.717) is 5.69 Å². The molecule has 0 aromatic heterocycles. The Labute approximate surface area is 151 Å². The minimum atomic E-state index is -0.719. The van der Waals surface area contributed by atoms with E-state index in [-0.39, 0.29) is 31.1 Å². The second kappa shape index (κ2) is 8.55. The Kier molecular flexibility index (Phi) is 6.43. The molecule has 2 rings (SSSR count). The van der Waals surface area contributed by atoms with Gasteiger partial charge in [-0.1, -0.05) is 24.6 Å². The van der Waals surface area contributed by atoms with Crippen LogP contribution in [0.1, 0.15) is 25.3 Å². The number of ketones is 1. The lowest BCUT2D eigenvalue weighted by molar-refractivity contribution is -0.490. The molecule has 0 spiro atoms. The lowest BCUT2D eigenvalue weighted by Gasteiger charge is -2.17. The number of benzene rings is 1.